The van der Waals surface area contributed by atoms with Crippen molar-refractivity contribution in [3.63, 3.8) is 0 Å². The fourth-order valence-electron chi connectivity index (χ4n) is 9.56. The molecule has 0 bridgehead atoms. The molecule has 52 heavy (non-hydrogen) atoms. The Morgan fingerprint density at radius 3 is 1.50 bits per heavy atom. The summed E-state index contributed by atoms with van der Waals surface area (Å²) in [5, 5.41) is 0. The largest absolute Gasteiger partial charge is 1.00 e. The van der Waals surface area contributed by atoms with E-state index < -0.39 is 21.3 Å². The van der Waals surface area contributed by atoms with Crippen LogP contribution in [0.5, 0.6) is 0 Å². The molecule has 266 valence electrons. The predicted molar refractivity (Wildman–Crippen MR) is 213 cm³/mol. The van der Waals surface area contributed by atoms with Crippen LogP contribution in [0.1, 0.15) is 117 Å². The van der Waals surface area contributed by atoms with E-state index in [0.717, 1.165) is 19.3 Å². The Morgan fingerprint density at radius 1 is 0.654 bits per heavy atom. The van der Waals surface area contributed by atoms with Gasteiger partial charge in [-0.05, 0) is 0 Å². The summed E-state index contributed by atoms with van der Waals surface area (Å²) in [6, 6.07) is 33.3. The molecule has 0 aliphatic heterocycles. The van der Waals surface area contributed by atoms with E-state index in [2.05, 4.69) is 172 Å². The first-order valence-electron chi connectivity index (χ1n) is 18.7. The van der Waals surface area contributed by atoms with E-state index >= 15 is 0 Å². The monoisotopic (exact) mass is 800 g/mol. The van der Waals surface area contributed by atoms with Gasteiger partial charge in [-0.2, -0.15) is 0 Å². The average Bonchev–Trinajstić information content (AvgIpc) is 3.78. The first-order valence-corrected chi connectivity index (χ1v) is 22.6. The zero-order valence-electron chi connectivity index (χ0n) is 32.3. The van der Waals surface area contributed by atoms with Crippen LogP contribution in [0.25, 0.3) is 22.3 Å². The van der Waals surface area contributed by atoms with E-state index in [-0.39, 0.29) is 41.1 Å². The van der Waals surface area contributed by atoms with Crippen LogP contribution in [-0.2, 0) is 44.9 Å². The van der Waals surface area contributed by atoms with Crippen LogP contribution in [0.2, 0.25) is 0 Å². The zero-order chi connectivity index (χ0) is 35.2. The molecule has 0 nitrogen and oxygen atoms in total. The molecule has 4 aromatic carbocycles. The summed E-state index contributed by atoms with van der Waals surface area (Å²) < 4.78 is 4.02. The Bertz CT molecular complexity index is 2090. The minimum absolute atomic E-state index is 0. The molecule has 0 heterocycles. The van der Waals surface area contributed by atoms with Crippen molar-refractivity contribution in [1.82, 2.24) is 0 Å². The molecule has 0 fully saturated rings. The van der Waals surface area contributed by atoms with Crippen LogP contribution in [0.15, 0.2) is 118 Å². The second-order valence-corrected chi connectivity index (χ2v) is 24.4. The summed E-state index contributed by atoms with van der Waals surface area (Å²) in [6.07, 6.45) is 13.5. The number of hydrogen-bond donors (Lipinski definition) is 0. The third kappa shape index (κ3) is 6.74. The number of hydrogen-bond acceptors (Lipinski definition) is 0. The molecule has 3 heteroatoms. The fraction of sp³-hybridized carbons (Fsp3) is 0.327. The van der Waals surface area contributed by atoms with Gasteiger partial charge >= 0.3 is 311 Å². The third-order valence-electron chi connectivity index (χ3n) is 12.0. The quantitative estimate of drug-likeness (QED) is 0.204. The Kier molecular flexibility index (Phi) is 10.5. The molecular weight excluding hydrogens is 751 g/mol. The molecule has 0 N–H and O–H groups in total. The van der Waals surface area contributed by atoms with Crippen molar-refractivity contribution in [3.8, 4) is 11.1 Å². The number of allylic oxidation sites excluding steroid dienone is 8. The van der Waals surface area contributed by atoms with E-state index in [1.165, 1.54) is 61.2 Å². The summed E-state index contributed by atoms with van der Waals surface area (Å²) in [7, 11) is 0. The van der Waals surface area contributed by atoms with Crippen molar-refractivity contribution >= 4 is 14.4 Å². The minimum atomic E-state index is -2.74. The van der Waals surface area contributed by atoms with Gasteiger partial charge in [-0.1, -0.05) is 0 Å². The van der Waals surface area contributed by atoms with E-state index in [4.69, 9.17) is 0 Å². The average molecular weight is 803 g/mol. The Labute approximate surface area is 333 Å². The van der Waals surface area contributed by atoms with Gasteiger partial charge in [0.15, 0.2) is 0 Å². The van der Waals surface area contributed by atoms with Gasteiger partial charge in [0, 0.05) is 0 Å². The maximum Gasteiger partial charge on any atom is -1.00 e. The Balaban J connectivity index is 0.00000232. The molecule has 0 saturated heterocycles. The van der Waals surface area contributed by atoms with Gasteiger partial charge in [0.1, 0.15) is 0 Å². The van der Waals surface area contributed by atoms with Gasteiger partial charge in [0.2, 0.25) is 0 Å². The van der Waals surface area contributed by atoms with Crippen molar-refractivity contribution in [2.24, 2.45) is 5.41 Å². The maximum absolute atomic E-state index is 2.74. The summed E-state index contributed by atoms with van der Waals surface area (Å²) in [5.74, 6) is 0. The summed E-state index contributed by atoms with van der Waals surface area (Å²) in [4.78, 5) is 0. The normalized spacial score (nSPS) is 17.2. The first kappa shape index (κ1) is 38.9. The molecule has 0 aromatic heterocycles. The van der Waals surface area contributed by atoms with Crippen LogP contribution in [0.3, 0.4) is 0 Å². The van der Waals surface area contributed by atoms with E-state index in [1.807, 2.05) is 3.21 Å². The zero-order valence-corrected chi connectivity index (χ0v) is 36.3. The van der Waals surface area contributed by atoms with Gasteiger partial charge in [0.25, 0.3) is 0 Å². The predicted octanol–water partition coefficient (Wildman–Crippen LogP) is 6.69. The number of rotatable bonds is 6. The number of halogens is 2. The first-order chi connectivity index (χ1) is 23.7. The molecule has 0 amide bonds. The summed E-state index contributed by atoms with van der Waals surface area (Å²) in [6.45, 7) is 21.5. The molecule has 0 saturated carbocycles. The second kappa shape index (κ2) is 14.1. The van der Waals surface area contributed by atoms with Crippen LogP contribution >= 0.6 is 0 Å². The van der Waals surface area contributed by atoms with Gasteiger partial charge in [0.05, 0.1) is 0 Å². The van der Waals surface area contributed by atoms with E-state index in [9.17, 15) is 0 Å². The minimum Gasteiger partial charge on any atom is -1.00 e. The van der Waals surface area contributed by atoms with Gasteiger partial charge in [-0.15, -0.1) is 0 Å². The third-order valence-corrected chi connectivity index (χ3v) is 20.2. The maximum atomic E-state index is 2.69. The number of benzene rings is 4. The molecule has 0 radical (unpaired) electrons. The Hall–Kier alpha value is -2.83. The number of fused-ring (bicyclic) bond motifs is 5. The van der Waals surface area contributed by atoms with Crippen LogP contribution < -0.4 is 24.8 Å². The van der Waals surface area contributed by atoms with Crippen molar-refractivity contribution in [2.45, 2.75) is 96.0 Å². The molecule has 0 atom stereocenters. The second-order valence-electron chi connectivity index (χ2n) is 17.6. The molecule has 4 aliphatic carbocycles. The summed E-state index contributed by atoms with van der Waals surface area (Å²) in [5.41, 5.74) is 19.6. The van der Waals surface area contributed by atoms with Crippen molar-refractivity contribution in [1.29, 1.82) is 0 Å². The van der Waals surface area contributed by atoms with E-state index in [0.29, 0.717) is 3.63 Å². The topological polar surface area (TPSA) is 0 Å². The molecular formula is C49H52Cl2Zr. The molecule has 0 unspecified atom stereocenters. The van der Waals surface area contributed by atoms with Crippen molar-refractivity contribution in [3.05, 3.63) is 163 Å². The van der Waals surface area contributed by atoms with Crippen molar-refractivity contribution in [2.75, 3.05) is 0 Å². The fourth-order valence-corrected chi connectivity index (χ4v) is 18.8. The van der Waals surface area contributed by atoms with Crippen molar-refractivity contribution < 1.29 is 46.1 Å². The van der Waals surface area contributed by atoms with E-state index in [1.54, 1.807) is 14.4 Å². The Morgan fingerprint density at radius 2 is 1.10 bits per heavy atom. The smallest absolute Gasteiger partial charge is 1.00 e. The van der Waals surface area contributed by atoms with Gasteiger partial charge in [-0.25, -0.2) is 0 Å². The molecule has 4 aliphatic rings. The van der Waals surface area contributed by atoms with Crippen LogP contribution in [-0.4, -0.2) is 3.21 Å². The molecule has 4 aromatic rings. The molecule has 0 spiro atoms. The SMILES string of the molecule is CC1=CC(C)(C)c2cc3c(cc21)-c1cc2c(cc1[CH]3[Zr+2]([C]1=CC(C(C)(C)C)=CC1)=[C](Cc1ccccc1)Cc1ccccc1)C(C)(C)C=C2C.[Cl-].[Cl-]. The van der Waals surface area contributed by atoms with Gasteiger partial charge in [-0.3, -0.25) is 0 Å². The molecule has 8 rings (SSSR count). The standard InChI is InChI=1S/C25H25.C15H14.C9H13.2ClH.Zr/c1-14-12-24(3,4)22-8-16-7-17-9-23-19(15(2)13-25(23,5)6)11-21(17)20(16)10-18(14)22;1-3-8-14(9-4-1)12-7-13-15-10-5-2-6-11-15;1-9(2,3)8-6-4-5-7-8;;;/h7-13H,1-6H3;1-6,8-11H,12-13H2;6-7H,4H2,1-3H3;2*1H;/q;;;;;+2/p-2. The van der Waals surface area contributed by atoms with Crippen LogP contribution in [0, 0.1) is 5.41 Å². The van der Waals surface area contributed by atoms with Gasteiger partial charge < -0.3 is 24.8 Å². The summed E-state index contributed by atoms with van der Waals surface area (Å²) >= 11 is -2.74. The van der Waals surface area contributed by atoms with Crippen LogP contribution in [0.4, 0.5) is 0 Å².